The molecule has 1 atom stereocenters. The molecule has 3 aromatic rings. The second-order valence-electron chi connectivity index (χ2n) is 5.83. The minimum atomic E-state index is 0.122. The molecule has 0 aromatic heterocycles. The molecule has 0 bridgehead atoms. The van der Waals surface area contributed by atoms with Crippen LogP contribution in [-0.2, 0) is 6.54 Å². The summed E-state index contributed by atoms with van der Waals surface area (Å²) in [5.41, 5.74) is 4.71. The zero-order valence-corrected chi connectivity index (χ0v) is 15.0. The van der Waals surface area contributed by atoms with Crippen molar-refractivity contribution in [1.29, 1.82) is 0 Å². The van der Waals surface area contributed by atoms with Gasteiger partial charge in [0, 0.05) is 22.6 Å². The molecule has 24 heavy (non-hydrogen) atoms. The second kappa shape index (κ2) is 7.85. The van der Waals surface area contributed by atoms with Crippen LogP contribution in [-0.4, -0.2) is 0 Å². The van der Waals surface area contributed by atoms with E-state index in [1.165, 1.54) is 16.7 Å². The highest BCUT2D eigenvalue weighted by atomic mass is 35.5. The van der Waals surface area contributed by atoms with Crippen LogP contribution in [0.2, 0.25) is 10.0 Å². The average molecular weight is 356 g/mol. The van der Waals surface area contributed by atoms with Crippen molar-refractivity contribution in [2.75, 3.05) is 0 Å². The van der Waals surface area contributed by atoms with Crippen LogP contribution in [0.25, 0.3) is 11.1 Å². The summed E-state index contributed by atoms with van der Waals surface area (Å²) in [4.78, 5) is 0. The minimum Gasteiger partial charge on any atom is -0.306 e. The molecular formula is C21H19Cl2N. The molecule has 0 saturated heterocycles. The summed E-state index contributed by atoms with van der Waals surface area (Å²) in [6.45, 7) is 2.86. The van der Waals surface area contributed by atoms with Crippen molar-refractivity contribution in [3.05, 3.63) is 94.0 Å². The fourth-order valence-electron chi connectivity index (χ4n) is 2.72. The highest BCUT2D eigenvalue weighted by Gasteiger charge is 2.10. The van der Waals surface area contributed by atoms with Crippen LogP contribution in [0, 0.1) is 0 Å². The molecule has 0 aliphatic heterocycles. The SMILES string of the molecule is CC(NCc1cccc(-c2ccccc2)c1)c1cc(Cl)ccc1Cl. The first-order valence-corrected chi connectivity index (χ1v) is 8.72. The van der Waals surface area contributed by atoms with E-state index in [4.69, 9.17) is 23.2 Å². The van der Waals surface area contributed by atoms with Gasteiger partial charge in [-0.1, -0.05) is 71.7 Å². The molecular weight excluding hydrogens is 337 g/mol. The maximum Gasteiger partial charge on any atom is 0.0454 e. The Balaban J connectivity index is 1.72. The Morgan fingerprint density at radius 1 is 0.833 bits per heavy atom. The number of hydrogen-bond donors (Lipinski definition) is 1. The summed E-state index contributed by atoms with van der Waals surface area (Å²) in [6.07, 6.45) is 0. The zero-order valence-electron chi connectivity index (χ0n) is 13.5. The lowest BCUT2D eigenvalue weighted by molar-refractivity contribution is 0.575. The molecule has 0 heterocycles. The molecule has 0 saturated carbocycles. The van der Waals surface area contributed by atoms with Gasteiger partial charge in [-0.05, 0) is 53.4 Å². The lowest BCUT2D eigenvalue weighted by Crippen LogP contribution is -2.18. The van der Waals surface area contributed by atoms with E-state index in [-0.39, 0.29) is 6.04 Å². The van der Waals surface area contributed by atoms with Crippen LogP contribution < -0.4 is 5.32 Å². The van der Waals surface area contributed by atoms with Gasteiger partial charge < -0.3 is 5.32 Å². The van der Waals surface area contributed by atoms with Crippen LogP contribution in [0.15, 0.2) is 72.8 Å². The summed E-state index contributed by atoms with van der Waals surface area (Å²) < 4.78 is 0. The molecule has 3 rings (SSSR count). The van der Waals surface area contributed by atoms with Gasteiger partial charge in [-0.2, -0.15) is 0 Å². The fraction of sp³-hybridized carbons (Fsp3) is 0.143. The summed E-state index contributed by atoms with van der Waals surface area (Å²) in [5, 5.41) is 4.96. The third-order valence-electron chi connectivity index (χ3n) is 4.07. The molecule has 3 heteroatoms. The third-order valence-corrected chi connectivity index (χ3v) is 4.65. The highest BCUT2D eigenvalue weighted by Crippen LogP contribution is 2.26. The topological polar surface area (TPSA) is 12.0 Å². The van der Waals surface area contributed by atoms with Gasteiger partial charge in [0.1, 0.15) is 0 Å². The quantitative estimate of drug-likeness (QED) is 0.549. The Hall–Kier alpha value is -1.80. The monoisotopic (exact) mass is 355 g/mol. The van der Waals surface area contributed by atoms with E-state index in [1.807, 2.05) is 24.3 Å². The lowest BCUT2D eigenvalue weighted by atomic mass is 10.0. The van der Waals surface area contributed by atoms with Crippen molar-refractivity contribution in [2.24, 2.45) is 0 Å². The molecule has 1 unspecified atom stereocenters. The van der Waals surface area contributed by atoms with Crippen molar-refractivity contribution >= 4 is 23.2 Å². The normalized spacial score (nSPS) is 12.1. The number of benzene rings is 3. The van der Waals surface area contributed by atoms with Gasteiger partial charge in [0.2, 0.25) is 0 Å². The number of rotatable bonds is 5. The highest BCUT2D eigenvalue weighted by molar-refractivity contribution is 6.33. The van der Waals surface area contributed by atoms with E-state index in [2.05, 4.69) is 60.8 Å². The van der Waals surface area contributed by atoms with Gasteiger partial charge in [-0.15, -0.1) is 0 Å². The maximum atomic E-state index is 6.28. The van der Waals surface area contributed by atoms with Gasteiger partial charge >= 0.3 is 0 Å². The summed E-state index contributed by atoms with van der Waals surface area (Å²) >= 11 is 12.4. The van der Waals surface area contributed by atoms with Gasteiger partial charge in [0.05, 0.1) is 0 Å². The molecule has 0 radical (unpaired) electrons. The number of halogens is 2. The lowest BCUT2D eigenvalue weighted by Gasteiger charge is -2.16. The van der Waals surface area contributed by atoms with Gasteiger partial charge in [-0.25, -0.2) is 0 Å². The minimum absolute atomic E-state index is 0.122. The molecule has 3 aromatic carbocycles. The fourth-order valence-corrected chi connectivity index (χ4v) is 3.18. The van der Waals surface area contributed by atoms with E-state index >= 15 is 0 Å². The molecule has 1 N–H and O–H groups in total. The third kappa shape index (κ3) is 4.18. The van der Waals surface area contributed by atoms with Crippen LogP contribution in [0.4, 0.5) is 0 Å². The zero-order chi connectivity index (χ0) is 16.9. The Bertz CT molecular complexity index is 815. The van der Waals surface area contributed by atoms with Gasteiger partial charge in [0.25, 0.3) is 0 Å². The largest absolute Gasteiger partial charge is 0.306 e. The predicted molar refractivity (Wildman–Crippen MR) is 104 cm³/mol. The predicted octanol–water partition coefficient (Wildman–Crippen LogP) is 6.51. The van der Waals surface area contributed by atoms with Crippen LogP contribution in [0.5, 0.6) is 0 Å². The molecule has 0 fully saturated rings. The van der Waals surface area contributed by atoms with Crippen molar-refractivity contribution < 1.29 is 0 Å². The van der Waals surface area contributed by atoms with Crippen molar-refractivity contribution in [3.63, 3.8) is 0 Å². The Kier molecular flexibility index (Phi) is 5.57. The van der Waals surface area contributed by atoms with E-state index in [0.717, 1.165) is 17.1 Å². The first-order valence-electron chi connectivity index (χ1n) is 7.96. The van der Waals surface area contributed by atoms with Crippen molar-refractivity contribution in [2.45, 2.75) is 19.5 Å². The van der Waals surface area contributed by atoms with E-state index in [0.29, 0.717) is 5.02 Å². The smallest absolute Gasteiger partial charge is 0.0454 e. The molecule has 0 aliphatic rings. The second-order valence-corrected chi connectivity index (χ2v) is 6.68. The Morgan fingerprint density at radius 3 is 2.38 bits per heavy atom. The summed E-state index contributed by atoms with van der Waals surface area (Å²) in [5.74, 6) is 0. The van der Waals surface area contributed by atoms with Crippen LogP contribution in [0.3, 0.4) is 0 Å². The van der Waals surface area contributed by atoms with E-state index in [1.54, 1.807) is 0 Å². The number of hydrogen-bond acceptors (Lipinski definition) is 1. The average Bonchev–Trinajstić information content (AvgIpc) is 2.63. The molecule has 1 nitrogen and oxygen atoms in total. The molecule has 0 amide bonds. The van der Waals surface area contributed by atoms with Crippen LogP contribution >= 0.6 is 23.2 Å². The van der Waals surface area contributed by atoms with Crippen LogP contribution in [0.1, 0.15) is 24.1 Å². The first-order chi connectivity index (χ1) is 11.6. The van der Waals surface area contributed by atoms with E-state index < -0.39 is 0 Å². The van der Waals surface area contributed by atoms with Gasteiger partial charge in [0.15, 0.2) is 0 Å². The summed E-state index contributed by atoms with van der Waals surface area (Å²) in [7, 11) is 0. The first kappa shape index (κ1) is 17.0. The van der Waals surface area contributed by atoms with Gasteiger partial charge in [-0.3, -0.25) is 0 Å². The van der Waals surface area contributed by atoms with Crippen molar-refractivity contribution in [1.82, 2.24) is 5.32 Å². The standard InChI is InChI=1S/C21H19Cl2N/c1-15(20-13-19(22)10-11-21(20)23)24-14-16-6-5-9-18(12-16)17-7-3-2-4-8-17/h2-13,15,24H,14H2,1H3. The van der Waals surface area contributed by atoms with Crippen molar-refractivity contribution in [3.8, 4) is 11.1 Å². The number of nitrogens with one attached hydrogen (secondary N) is 1. The van der Waals surface area contributed by atoms with E-state index in [9.17, 15) is 0 Å². The Labute approximate surface area is 153 Å². The molecule has 0 aliphatic carbocycles. The summed E-state index contributed by atoms with van der Waals surface area (Å²) in [6, 6.07) is 24.7. The molecule has 0 spiro atoms. The molecule has 122 valence electrons. The maximum absolute atomic E-state index is 6.28. The Morgan fingerprint density at radius 2 is 1.58 bits per heavy atom.